The summed E-state index contributed by atoms with van der Waals surface area (Å²) in [6.45, 7) is 6.19. The van der Waals surface area contributed by atoms with Gasteiger partial charge >= 0.3 is 6.18 Å². The summed E-state index contributed by atoms with van der Waals surface area (Å²) >= 11 is 0. The van der Waals surface area contributed by atoms with Crippen LogP contribution in [0.25, 0.3) is 11.4 Å². The maximum atomic E-state index is 12.9. The van der Waals surface area contributed by atoms with Gasteiger partial charge in [-0.2, -0.15) is 18.3 Å². The molecule has 4 aromatic rings. The highest BCUT2D eigenvalue weighted by molar-refractivity contribution is 5.61. The molecule has 0 amide bonds. The van der Waals surface area contributed by atoms with Crippen LogP contribution in [-0.2, 0) is 12.7 Å². The maximum Gasteiger partial charge on any atom is 0.416 e. The lowest BCUT2D eigenvalue weighted by molar-refractivity contribution is -0.137. The number of nitrogens with one attached hydrogen (secondary N) is 2. The van der Waals surface area contributed by atoms with E-state index in [9.17, 15) is 13.2 Å². The van der Waals surface area contributed by atoms with E-state index >= 15 is 0 Å². The fourth-order valence-electron chi connectivity index (χ4n) is 5.22. The van der Waals surface area contributed by atoms with E-state index in [4.69, 9.17) is 4.98 Å². The smallest absolute Gasteiger partial charge is 0.353 e. The first-order chi connectivity index (χ1) is 18.2. The highest BCUT2D eigenvalue weighted by atomic mass is 19.4. The molecule has 0 saturated carbocycles. The number of benzene rings is 1. The molecular weight excluding hydrogens is 493 g/mol. The largest absolute Gasteiger partial charge is 0.416 e. The van der Waals surface area contributed by atoms with Gasteiger partial charge in [-0.05, 0) is 50.1 Å². The zero-order valence-corrected chi connectivity index (χ0v) is 21.0. The zero-order chi connectivity index (χ0) is 26.4. The molecule has 0 spiro atoms. The standard InChI is InChI=1S/C27H27F3N8/c1-16-9-23(33-24-10-17(2)35-36-24)34-26(32-16)19-5-8-25(31-12-19)37-14-21-11-22(15-37)38(21)13-18-3-6-20(7-4-18)27(28,29)30/h3-10,12,21-22H,11,13-15H2,1-2H3,(H2,32,33,34,35,36). The number of rotatable bonds is 6. The minimum atomic E-state index is -4.31. The predicted molar refractivity (Wildman–Crippen MR) is 138 cm³/mol. The van der Waals surface area contributed by atoms with Gasteiger partial charge in [0.15, 0.2) is 11.6 Å². The average molecular weight is 521 g/mol. The average Bonchev–Trinajstić information content (AvgIpc) is 3.31. The third kappa shape index (κ3) is 4.93. The van der Waals surface area contributed by atoms with Gasteiger partial charge in [-0.25, -0.2) is 15.0 Å². The fraction of sp³-hybridized carbons (Fsp3) is 0.333. The molecule has 11 heteroatoms. The lowest BCUT2D eigenvalue weighted by atomic mass is 9.86. The summed E-state index contributed by atoms with van der Waals surface area (Å²) in [5.41, 5.74) is 2.90. The van der Waals surface area contributed by atoms with E-state index < -0.39 is 11.7 Å². The van der Waals surface area contributed by atoms with E-state index in [-0.39, 0.29) is 0 Å². The summed E-state index contributed by atoms with van der Waals surface area (Å²) < 4.78 is 38.6. The van der Waals surface area contributed by atoms with Gasteiger partial charge in [0.2, 0.25) is 0 Å². The van der Waals surface area contributed by atoms with E-state index in [1.54, 1.807) is 18.3 Å². The molecule has 8 nitrogen and oxygen atoms in total. The molecule has 3 aliphatic heterocycles. The van der Waals surface area contributed by atoms with Crippen molar-refractivity contribution in [1.82, 2.24) is 30.0 Å². The molecule has 2 unspecified atom stereocenters. The zero-order valence-electron chi connectivity index (χ0n) is 21.0. The van der Waals surface area contributed by atoms with Gasteiger partial charge in [0.05, 0.1) is 5.56 Å². The summed E-state index contributed by atoms with van der Waals surface area (Å²) in [6.07, 6.45) is -1.41. The Balaban J connectivity index is 1.10. The number of H-pyrrole nitrogens is 1. The van der Waals surface area contributed by atoms with Crippen LogP contribution in [0.2, 0.25) is 0 Å². The Bertz CT molecular complexity index is 1420. The fourth-order valence-corrected chi connectivity index (χ4v) is 5.22. The van der Waals surface area contributed by atoms with Crippen molar-refractivity contribution in [2.45, 2.75) is 45.1 Å². The van der Waals surface area contributed by atoms with E-state index in [2.05, 4.69) is 35.3 Å². The number of halogens is 3. The Labute approximate surface area is 217 Å². The van der Waals surface area contributed by atoms with Crippen LogP contribution in [-0.4, -0.2) is 55.2 Å². The summed E-state index contributed by atoms with van der Waals surface area (Å²) in [6, 6.07) is 14.0. The Hall–Kier alpha value is -3.99. The van der Waals surface area contributed by atoms with E-state index in [1.807, 2.05) is 38.1 Å². The lowest BCUT2D eigenvalue weighted by Gasteiger charge is -2.56. The number of hydrogen-bond donors (Lipinski definition) is 2. The van der Waals surface area contributed by atoms with Crippen molar-refractivity contribution >= 4 is 17.5 Å². The van der Waals surface area contributed by atoms with Gasteiger partial charge in [0, 0.05) is 67.0 Å². The second kappa shape index (κ2) is 9.39. The molecule has 3 fully saturated rings. The van der Waals surface area contributed by atoms with Crippen LogP contribution in [0.4, 0.5) is 30.6 Å². The first-order valence-corrected chi connectivity index (χ1v) is 12.5. The summed E-state index contributed by atoms with van der Waals surface area (Å²) in [7, 11) is 0. The van der Waals surface area contributed by atoms with Gasteiger partial charge in [-0.1, -0.05) is 12.1 Å². The number of nitrogens with zero attached hydrogens (tertiary/aromatic N) is 6. The molecule has 2 atom stereocenters. The van der Waals surface area contributed by atoms with Crippen LogP contribution in [0, 0.1) is 13.8 Å². The molecule has 3 saturated heterocycles. The molecule has 6 heterocycles. The topological polar surface area (TPSA) is 85.9 Å². The molecule has 38 heavy (non-hydrogen) atoms. The molecule has 7 rings (SSSR count). The van der Waals surface area contributed by atoms with Crippen molar-refractivity contribution in [3.05, 3.63) is 77.2 Å². The number of aromatic nitrogens is 5. The second-order valence-corrected chi connectivity index (χ2v) is 10.00. The van der Waals surface area contributed by atoms with Gasteiger partial charge in [0.1, 0.15) is 11.6 Å². The first-order valence-electron chi connectivity index (χ1n) is 12.5. The highest BCUT2D eigenvalue weighted by Crippen LogP contribution is 2.36. The normalized spacial score (nSPS) is 19.3. The second-order valence-electron chi connectivity index (χ2n) is 10.00. The van der Waals surface area contributed by atoms with Crippen molar-refractivity contribution in [2.24, 2.45) is 0 Å². The van der Waals surface area contributed by atoms with Crippen LogP contribution in [0.5, 0.6) is 0 Å². The van der Waals surface area contributed by atoms with Crippen LogP contribution >= 0.6 is 0 Å². The number of aromatic amines is 1. The molecule has 0 radical (unpaired) electrons. The number of hydrogen-bond acceptors (Lipinski definition) is 7. The van der Waals surface area contributed by atoms with Gasteiger partial charge in [0.25, 0.3) is 0 Å². The summed E-state index contributed by atoms with van der Waals surface area (Å²) in [4.78, 5) is 18.6. The molecule has 2 bridgehead atoms. The van der Waals surface area contributed by atoms with Gasteiger partial charge in [-0.15, -0.1) is 0 Å². The summed E-state index contributed by atoms with van der Waals surface area (Å²) in [5, 5.41) is 10.3. The Morgan fingerprint density at radius 1 is 0.974 bits per heavy atom. The minimum absolute atomic E-state index is 0.358. The lowest BCUT2D eigenvalue weighted by Crippen LogP contribution is -2.68. The van der Waals surface area contributed by atoms with E-state index in [0.29, 0.717) is 36.1 Å². The van der Waals surface area contributed by atoms with Crippen LogP contribution < -0.4 is 10.2 Å². The van der Waals surface area contributed by atoms with E-state index in [0.717, 1.165) is 60.0 Å². The quantitative estimate of drug-likeness (QED) is 0.366. The van der Waals surface area contributed by atoms with Crippen molar-refractivity contribution in [2.75, 3.05) is 23.3 Å². The number of piperazine rings is 1. The number of piperidine rings is 1. The third-order valence-corrected chi connectivity index (χ3v) is 7.14. The highest BCUT2D eigenvalue weighted by Gasteiger charge is 2.44. The van der Waals surface area contributed by atoms with Crippen molar-refractivity contribution in [3.63, 3.8) is 0 Å². The van der Waals surface area contributed by atoms with Gasteiger partial charge < -0.3 is 10.2 Å². The first kappa shape index (κ1) is 24.4. The number of fused-ring (bicyclic) bond motifs is 2. The summed E-state index contributed by atoms with van der Waals surface area (Å²) in [5.74, 6) is 2.84. The van der Waals surface area contributed by atoms with Crippen molar-refractivity contribution in [3.8, 4) is 11.4 Å². The Morgan fingerprint density at radius 3 is 2.37 bits per heavy atom. The molecule has 0 aliphatic carbocycles. The van der Waals surface area contributed by atoms with Crippen LogP contribution in [0.3, 0.4) is 0 Å². The monoisotopic (exact) mass is 520 g/mol. The molecule has 2 N–H and O–H groups in total. The number of aryl methyl sites for hydroxylation is 2. The third-order valence-electron chi connectivity index (χ3n) is 7.14. The molecular formula is C27H27F3N8. The predicted octanol–water partition coefficient (Wildman–Crippen LogP) is 5.10. The number of anilines is 3. The maximum absolute atomic E-state index is 12.9. The minimum Gasteiger partial charge on any atom is -0.353 e. The number of alkyl halides is 3. The van der Waals surface area contributed by atoms with Crippen LogP contribution in [0.15, 0.2) is 54.7 Å². The Morgan fingerprint density at radius 2 is 1.74 bits per heavy atom. The number of pyridine rings is 1. The van der Waals surface area contributed by atoms with Crippen LogP contribution in [0.1, 0.15) is 28.9 Å². The molecule has 196 valence electrons. The molecule has 3 aliphatic rings. The SMILES string of the molecule is Cc1cc(Nc2cc(C)[nH]n2)nc(-c2ccc(N3CC4CC(C3)N4Cc3ccc(C(F)(F)F)cc3)nc2)n1. The van der Waals surface area contributed by atoms with E-state index in [1.165, 1.54) is 0 Å². The van der Waals surface area contributed by atoms with Crippen molar-refractivity contribution in [1.29, 1.82) is 0 Å². The molecule has 3 aromatic heterocycles. The Kier molecular flexibility index (Phi) is 6.02. The molecule has 1 aromatic carbocycles. The van der Waals surface area contributed by atoms with Gasteiger partial charge in [-0.3, -0.25) is 10.00 Å². The van der Waals surface area contributed by atoms with Crippen molar-refractivity contribution < 1.29 is 13.2 Å².